The molecule has 7 heteroatoms. The van der Waals surface area contributed by atoms with Gasteiger partial charge in [0.25, 0.3) is 0 Å². The average molecular weight is 337 g/mol. The second-order valence-corrected chi connectivity index (χ2v) is 6.15. The first kappa shape index (κ1) is 15.9. The highest BCUT2D eigenvalue weighted by Gasteiger charge is 2.23. The molecule has 0 saturated carbocycles. The highest BCUT2D eigenvalue weighted by Crippen LogP contribution is 2.22. The number of nitrogens with zero attached hydrogens (tertiary/aromatic N) is 4. The number of aromatic nitrogens is 3. The Hall–Kier alpha value is -1.95. The number of piperidine rings is 1. The molecule has 23 heavy (non-hydrogen) atoms. The molecule has 122 valence electrons. The summed E-state index contributed by atoms with van der Waals surface area (Å²) in [4.78, 5) is 14.2. The van der Waals surface area contributed by atoms with Crippen molar-refractivity contribution >= 4 is 17.5 Å². The number of rotatable bonds is 4. The minimum absolute atomic E-state index is 0.101. The third kappa shape index (κ3) is 3.88. The van der Waals surface area contributed by atoms with E-state index in [9.17, 15) is 9.18 Å². The zero-order valence-corrected chi connectivity index (χ0v) is 13.4. The Kier molecular flexibility index (Phi) is 4.91. The molecule has 2 heterocycles. The summed E-state index contributed by atoms with van der Waals surface area (Å²) in [5.41, 5.74) is 0.877. The molecule has 3 rings (SSSR count). The van der Waals surface area contributed by atoms with Crippen molar-refractivity contribution in [3.63, 3.8) is 0 Å². The number of carbonyl (C=O) groups excluding carboxylic acids is 1. The van der Waals surface area contributed by atoms with Gasteiger partial charge in [-0.1, -0.05) is 22.9 Å². The van der Waals surface area contributed by atoms with Gasteiger partial charge in [0.2, 0.25) is 5.91 Å². The number of hydrogen-bond donors (Lipinski definition) is 0. The van der Waals surface area contributed by atoms with Crippen LogP contribution in [-0.2, 0) is 11.2 Å². The summed E-state index contributed by atoms with van der Waals surface area (Å²) in [6, 6.07) is 4.91. The Morgan fingerprint density at radius 3 is 2.78 bits per heavy atom. The van der Waals surface area contributed by atoms with Crippen molar-refractivity contribution in [3.8, 4) is 0 Å². The van der Waals surface area contributed by atoms with Gasteiger partial charge in [-0.05, 0) is 37.0 Å². The van der Waals surface area contributed by atoms with Crippen LogP contribution in [0, 0.1) is 5.82 Å². The lowest BCUT2D eigenvalue weighted by Crippen LogP contribution is -2.39. The molecule has 0 radical (unpaired) electrons. The maximum Gasteiger partial charge on any atom is 0.222 e. The van der Waals surface area contributed by atoms with Crippen LogP contribution < -0.4 is 0 Å². The molecular formula is C16H18ClFN4O. The van der Waals surface area contributed by atoms with Crippen LogP contribution in [0.4, 0.5) is 4.39 Å². The lowest BCUT2D eigenvalue weighted by molar-refractivity contribution is -0.132. The monoisotopic (exact) mass is 336 g/mol. The lowest BCUT2D eigenvalue weighted by Gasteiger charge is -2.32. The maximum atomic E-state index is 13.1. The van der Waals surface area contributed by atoms with Crippen molar-refractivity contribution in [3.05, 3.63) is 47.0 Å². The quantitative estimate of drug-likeness (QED) is 0.862. The second-order valence-electron chi connectivity index (χ2n) is 5.74. The van der Waals surface area contributed by atoms with E-state index in [1.807, 2.05) is 15.8 Å². The highest BCUT2D eigenvalue weighted by molar-refractivity contribution is 6.30. The molecule has 0 aliphatic carbocycles. The van der Waals surface area contributed by atoms with Gasteiger partial charge < -0.3 is 4.90 Å². The van der Waals surface area contributed by atoms with Crippen molar-refractivity contribution < 1.29 is 9.18 Å². The third-order valence-corrected chi connectivity index (χ3v) is 4.53. The van der Waals surface area contributed by atoms with E-state index in [-0.39, 0.29) is 10.9 Å². The summed E-state index contributed by atoms with van der Waals surface area (Å²) in [6.07, 6.45) is 6.29. The molecular weight excluding hydrogens is 319 g/mol. The molecule has 1 aromatic carbocycles. The SMILES string of the molecule is O=C(CCc1ccc(F)c(Cl)c1)N1CCC(n2ccnn2)CC1. The Bertz CT molecular complexity index is 669. The van der Waals surface area contributed by atoms with Crippen LogP contribution in [0.2, 0.25) is 5.02 Å². The van der Waals surface area contributed by atoms with Gasteiger partial charge >= 0.3 is 0 Å². The number of amides is 1. The van der Waals surface area contributed by atoms with E-state index < -0.39 is 5.82 Å². The number of halogens is 2. The molecule has 0 atom stereocenters. The smallest absolute Gasteiger partial charge is 0.222 e. The van der Waals surface area contributed by atoms with Crippen molar-refractivity contribution in [2.45, 2.75) is 31.7 Å². The van der Waals surface area contributed by atoms with E-state index in [4.69, 9.17) is 11.6 Å². The Morgan fingerprint density at radius 1 is 1.35 bits per heavy atom. The molecule has 1 saturated heterocycles. The summed E-state index contributed by atoms with van der Waals surface area (Å²) in [7, 11) is 0. The largest absolute Gasteiger partial charge is 0.343 e. The number of likely N-dealkylation sites (tertiary alicyclic amines) is 1. The maximum absolute atomic E-state index is 13.1. The Morgan fingerprint density at radius 2 is 2.13 bits per heavy atom. The van der Waals surface area contributed by atoms with Crippen molar-refractivity contribution in [1.29, 1.82) is 0 Å². The predicted molar refractivity (Wildman–Crippen MR) is 84.6 cm³/mol. The summed E-state index contributed by atoms with van der Waals surface area (Å²) >= 11 is 5.76. The fraction of sp³-hybridized carbons (Fsp3) is 0.438. The number of aryl methyl sites for hydroxylation is 1. The van der Waals surface area contributed by atoms with Crippen LogP contribution in [0.5, 0.6) is 0 Å². The topological polar surface area (TPSA) is 51.0 Å². The van der Waals surface area contributed by atoms with Gasteiger partial charge in [-0.3, -0.25) is 4.79 Å². The van der Waals surface area contributed by atoms with Crippen LogP contribution in [0.1, 0.15) is 30.9 Å². The van der Waals surface area contributed by atoms with E-state index in [0.717, 1.165) is 31.5 Å². The fourth-order valence-corrected chi connectivity index (χ4v) is 3.10. The zero-order chi connectivity index (χ0) is 16.2. The first-order valence-corrected chi connectivity index (χ1v) is 8.09. The molecule has 1 amide bonds. The Balaban J connectivity index is 1.48. The van der Waals surface area contributed by atoms with Crippen molar-refractivity contribution in [2.24, 2.45) is 0 Å². The molecule has 1 aliphatic heterocycles. The van der Waals surface area contributed by atoms with E-state index in [2.05, 4.69) is 10.3 Å². The molecule has 0 N–H and O–H groups in total. The first-order chi connectivity index (χ1) is 11.1. The molecule has 0 unspecified atom stereocenters. The normalized spacial score (nSPS) is 15.8. The second kappa shape index (κ2) is 7.08. The van der Waals surface area contributed by atoms with Gasteiger partial charge in [0.15, 0.2) is 0 Å². The van der Waals surface area contributed by atoms with Crippen LogP contribution in [-0.4, -0.2) is 38.9 Å². The number of benzene rings is 1. The number of carbonyl (C=O) groups is 1. The summed E-state index contributed by atoms with van der Waals surface area (Å²) < 4.78 is 15.0. The highest BCUT2D eigenvalue weighted by atomic mass is 35.5. The van der Waals surface area contributed by atoms with Crippen molar-refractivity contribution in [1.82, 2.24) is 19.9 Å². The van der Waals surface area contributed by atoms with E-state index in [0.29, 0.717) is 18.9 Å². The van der Waals surface area contributed by atoms with Crippen LogP contribution in [0.25, 0.3) is 0 Å². The van der Waals surface area contributed by atoms with E-state index in [1.54, 1.807) is 18.3 Å². The van der Waals surface area contributed by atoms with Crippen LogP contribution >= 0.6 is 11.6 Å². The number of hydrogen-bond acceptors (Lipinski definition) is 3. The van der Waals surface area contributed by atoms with Crippen molar-refractivity contribution in [2.75, 3.05) is 13.1 Å². The third-order valence-electron chi connectivity index (χ3n) is 4.24. The van der Waals surface area contributed by atoms with E-state index in [1.165, 1.54) is 6.07 Å². The van der Waals surface area contributed by atoms with Gasteiger partial charge in [-0.25, -0.2) is 9.07 Å². The standard InChI is InChI=1S/C16H18ClFN4O/c17-14-11-12(1-3-15(14)18)2-4-16(23)21-8-5-13(6-9-21)22-10-7-19-20-22/h1,3,7,10-11,13H,2,4-6,8-9H2. The van der Waals surface area contributed by atoms with Gasteiger partial charge in [0.1, 0.15) is 5.82 Å². The Labute approximate surface area is 139 Å². The molecule has 0 spiro atoms. The summed E-state index contributed by atoms with van der Waals surface area (Å²) in [6.45, 7) is 1.46. The summed E-state index contributed by atoms with van der Waals surface area (Å²) in [5.74, 6) is -0.306. The van der Waals surface area contributed by atoms with Gasteiger partial charge in [0, 0.05) is 25.7 Å². The first-order valence-electron chi connectivity index (χ1n) is 7.71. The zero-order valence-electron chi connectivity index (χ0n) is 12.7. The van der Waals surface area contributed by atoms with Gasteiger partial charge in [-0.2, -0.15) is 0 Å². The predicted octanol–water partition coefficient (Wildman–Crippen LogP) is 2.87. The van der Waals surface area contributed by atoms with Gasteiger partial charge in [-0.15, -0.1) is 5.10 Å². The van der Waals surface area contributed by atoms with Crippen LogP contribution in [0.3, 0.4) is 0 Å². The molecule has 1 fully saturated rings. The molecule has 2 aromatic rings. The lowest BCUT2D eigenvalue weighted by atomic mass is 10.0. The molecule has 1 aromatic heterocycles. The molecule has 1 aliphatic rings. The average Bonchev–Trinajstić information content (AvgIpc) is 3.10. The minimum Gasteiger partial charge on any atom is -0.343 e. The fourth-order valence-electron chi connectivity index (χ4n) is 2.90. The van der Waals surface area contributed by atoms with E-state index >= 15 is 0 Å². The molecule has 5 nitrogen and oxygen atoms in total. The summed E-state index contributed by atoms with van der Waals surface area (Å²) in [5, 5.41) is 7.94. The van der Waals surface area contributed by atoms with Gasteiger partial charge in [0.05, 0.1) is 17.3 Å². The molecule has 0 bridgehead atoms. The van der Waals surface area contributed by atoms with Crippen LogP contribution in [0.15, 0.2) is 30.6 Å². The minimum atomic E-state index is -0.433.